The van der Waals surface area contributed by atoms with Gasteiger partial charge < -0.3 is 14.2 Å². The summed E-state index contributed by atoms with van der Waals surface area (Å²) in [5.74, 6) is -2.21. The Hall–Kier alpha value is -4.75. The number of hydrogen-bond donors (Lipinski definition) is 0. The fraction of sp³-hybridized carbons (Fsp3) is 0.325. The summed E-state index contributed by atoms with van der Waals surface area (Å²) >= 11 is 0. The van der Waals surface area contributed by atoms with Crippen molar-refractivity contribution in [1.82, 2.24) is 4.90 Å². The van der Waals surface area contributed by atoms with E-state index in [1.807, 2.05) is 100 Å². The lowest BCUT2D eigenvalue weighted by Crippen LogP contribution is -2.59. The predicted octanol–water partition coefficient (Wildman–Crippen LogP) is 7.30. The van der Waals surface area contributed by atoms with Gasteiger partial charge in [0.15, 0.2) is 0 Å². The number of hydrogen-bond acceptors (Lipinski definition) is 7. The Balaban J connectivity index is 1.85. The highest BCUT2D eigenvalue weighted by Gasteiger charge is 2.55. The maximum Gasteiger partial charge on any atom is 0.324 e. The highest BCUT2D eigenvalue weighted by Crippen LogP contribution is 2.56. The quantitative estimate of drug-likeness (QED) is 0.127. The molecule has 244 valence electrons. The van der Waals surface area contributed by atoms with Gasteiger partial charge in [-0.1, -0.05) is 116 Å². The highest BCUT2D eigenvalue weighted by molar-refractivity contribution is 5.84. The maximum absolute atomic E-state index is 14.8. The second kappa shape index (κ2) is 13.9. The SMILES string of the molecule is CC(=O)OCC(OC(C)=O)C(C)C(C(=O)OC(C)(C)C)N(Cc1ccccc1)C1(c2ccccc2)c2ccccc2-c2ccccc21. The number of benzene rings is 4. The minimum absolute atomic E-state index is 0.208. The van der Waals surface area contributed by atoms with Crippen molar-refractivity contribution in [3.8, 4) is 11.1 Å². The first-order valence-electron chi connectivity index (χ1n) is 16.0. The summed E-state index contributed by atoms with van der Waals surface area (Å²) in [5, 5.41) is 0. The Bertz CT molecular complexity index is 1670. The van der Waals surface area contributed by atoms with E-state index in [1.54, 1.807) is 0 Å². The van der Waals surface area contributed by atoms with Crippen LogP contribution in [0, 0.1) is 5.92 Å². The molecule has 4 aromatic carbocycles. The van der Waals surface area contributed by atoms with E-state index in [0.29, 0.717) is 6.54 Å². The van der Waals surface area contributed by atoms with E-state index < -0.39 is 47.1 Å². The standard InChI is InChI=1S/C40H43NO6/c1-27(36(46-29(3)43)26-45-28(2)42)37(38(44)47-39(4,5)6)41(25-30-17-9-7-10-18-30)40(31-19-11-8-12-20-31)34-23-15-13-21-32(34)33-22-14-16-24-35(33)40/h7-24,27,36-37H,25-26H2,1-6H3. The average Bonchev–Trinajstić information content (AvgIpc) is 3.33. The molecule has 0 amide bonds. The summed E-state index contributed by atoms with van der Waals surface area (Å²) in [6.45, 7) is 10.1. The molecule has 3 atom stereocenters. The van der Waals surface area contributed by atoms with Gasteiger partial charge in [-0.05, 0) is 54.2 Å². The Labute approximate surface area is 277 Å². The molecule has 1 aliphatic carbocycles. The maximum atomic E-state index is 14.8. The van der Waals surface area contributed by atoms with Gasteiger partial charge in [-0.3, -0.25) is 19.3 Å². The summed E-state index contributed by atoms with van der Waals surface area (Å²) in [6.07, 6.45) is -0.938. The average molecular weight is 634 g/mol. The number of rotatable bonds is 11. The fourth-order valence-electron chi connectivity index (χ4n) is 6.78. The number of fused-ring (bicyclic) bond motifs is 3. The number of esters is 3. The second-order valence-corrected chi connectivity index (χ2v) is 13.1. The third kappa shape index (κ3) is 7.00. The van der Waals surface area contributed by atoms with Crippen molar-refractivity contribution in [3.05, 3.63) is 131 Å². The van der Waals surface area contributed by atoms with E-state index in [-0.39, 0.29) is 6.61 Å². The second-order valence-electron chi connectivity index (χ2n) is 13.1. The van der Waals surface area contributed by atoms with E-state index in [4.69, 9.17) is 14.2 Å². The molecule has 47 heavy (non-hydrogen) atoms. The molecule has 0 saturated carbocycles. The first-order chi connectivity index (χ1) is 22.4. The number of ether oxygens (including phenoxy) is 3. The van der Waals surface area contributed by atoms with Crippen molar-refractivity contribution in [1.29, 1.82) is 0 Å². The summed E-state index contributed by atoms with van der Waals surface area (Å²) in [4.78, 5) is 41.4. The molecule has 0 aliphatic heterocycles. The molecule has 0 N–H and O–H groups in total. The zero-order valence-electron chi connectivity index (χ0n) is 27.9. The van der Waals surface area contributed by atoms with Gasteiger partial charge in [0.25, 0.3) is 0 Å². The van der Waals surface area contributed by atoms with Gasteiger partial charge in [-0.2, -0.15) is 0 Å². The van der Waals surface area contributed by atoms with Crippen LogP contribution in [0.15, 0.2) is 109 Å². The van der Waals surface area contributed by atoms with Gasteiger partial charge in [0.05, 0.1) is 5.54 Å². The summed E-state index contributed by atoms with van der Waals surface area (Å²) in [6, 6.07) is 35.8. The number of carbonyl (C=O) groups excluding carboxylic acids is 3. The summed E-state index contributed by atoms with van der Waals surface area (Å²) < 4.78 is 17.4. The largest absolute Gasteiger partial charge is 0.462 e. The van der Waals surface area contributed by atoms with Crippen LogP contribution >= 0.6 is 0 Å². The molecule has 5 rings (SSSR count). The molecule has 7 heteroatoms. The van der Waals surface area contributed by atoms with E-state index in [0.717, 1.165) is 33.4 Å². The highest BCUT2D eigenvalue weighted by atomic mass is 16.6. The molecule has 1 aliphatic rings. The lowest BCUT2D eigenvalue weighted by atomic mass is 9.76. The van der Waals surface area contributed by atoms with Crippen LogP contribution in [0.25, 0.3) is 11.1 Å². The summed E-state index contributed by atoms with van der Waals surface area (Å²) in [5.41, 5.74) is 4.34. The lowest BCUT2D eigenvalue weighted by Gasteiger charge is -2.49. The van der Waals surface area contributed by atoms with Crippen LogP contribution in [0.4, 0.5) is 0 Å². The van der Waals surface area contributed by atoms with Crippen LogP contribution in [0.2, 0.25) is 0 Å². The van der Waals surface area contributed by atoms with E-state index >= 15 is 0 Å². The molecule has 0 saturated heterocycles. The van der Waals surface area contributed by atoms with E-state index in [1.165, 1.54) is 13.8 Å². The Morgan fingerprint density at radius 3 is 1.74 bits per heavy atom. The monoisotopic (exact) mass is 633 g/mol. The van der Waals surface area contributed by atoms with Crippen molar-refractivity contribution in [2.75, 3.05) is 6.61 Å². The van der Waals surface area contributed by atoms with Crippen LogP contribution in [0.5, 0.6) is 0 Å². The van der Waals surface area contributed by atoms with Gasteiger partial charge >= 0.3 is 17.9 Å². The lowest BCUT2D eigenvalue weighted by molar-refractivity contribution is -0.175. The molecule has 0 aromatic heterocycles. The Morgan fingerprint density at radius 2 is 1.23 bits per heavy atom. The minimum Gasteiger partial charge on any atom is -0.462 e. The molecule has 0 bridgehead atoms. The molecule has 0 heterocycles. The van der Waals surface area contributed by atoms with Crippen molar-refractivity contribution in [2.24, 2.45) is 5.92 Å². The topological polar surface area (TPSA) is 82.1 Å². The van der Waals surface area contributed by atoms with Gasteiger partial charge in [0.1, 0.15) is 24.4 Å². The van der Waals surface area contributed by atoms with Crippen molar-refractivity contribution in [2.45, 2.75) is 71.4 Å². The Kier molecular flexibility index (Phi) is 9.96. The van der Waals surface area contributed by atoms with Crippen LogP contribution in [-0.2, 0) is 40.7 Å². The molecule has 3 unspecified atom stereocenters. The molecular formula is C40H43NO6. The van der Waals surface area contributed by atoms with E-state index in [2.05, 4.69) is 41.3 Å². The van der Waals surface area contributed by atoms with Crippen LogP contribution in [0.3, 0.4) is 0 Å². The first-order valence-corrected chi connectivity index (χ1v) is 16.0. The number of carbonyl (C=O) groups is 3. The minimum atomic E-state index is -0.978. The predicted molar refractivity (Wildman–Crippen MR) is 181 cm³/mol. The molecule has 0 fully saturated rings. The van der Waals surface area contributed by atoms with Gasteiger partial charge in [0, 0.05) is 26.3 Å². The first kappa shape index (κ1) is 33.6. The van der Waals surface area contributed by atoms with Gasteiger partial charge in [-0.15, -0.1) is 0 Å². The molecule has 0 spiro atoms. The third-order valence-electron chi connectivity index (χ3n) is 8.58. The third-order valence-corrected chi connectivity index (χ3v) is 8.58. The van der Waals surface area contributed by atoms with Crippen molar-refractivity contribution in [3.63, 3.8) is 0 Å². The van der Waals surface area contributed by atoms with Crippen LogP contribution in [0.1, 0.15) is 63.8 Å². The van der Waals surface area contributed by atoms with Gasteiger partial charge in [0.2, 0.25) is 0 Å². The van der Waals surface area contributed by atoms with Crippen LogP contribution in [-0.4, -0.2) is 47.2 Å². The van der Waals surface area contributed by atoms with Crippen LogP contribution < -0.4 is 0 Å². The zero-order chi connectivity index (χ0) is 33.8. The number of nitrogens with zero attached hydrogens (tertiary/aromatic N) is 1. The van der Waals surface area contributed by atoms with Gasteiger partial charge in [-0.25, -0.2) is 0 Å². The molecule has 7 nitrogen and oxygen atoms in total. The van der Waals surface area contributed by atoms with E-state index in [9.17, 15) is 14.4 Å². The fourth-order valence-corrected chi connectivity index (χ4v) is 6.78. The molecular weight excluding hydrogens is 590 g/mol. The normalized spacial score (nSPS) is 15.1. The van der Waals surface area contributed by atoms with Crippen molar-refractivity contribution >= 4 is 17.9 Å². The zero-order valence-corrected chi connectivity index (χ0v) is 27.9. The van der Waals surface area contributed by atoms with Crippen molar-refractivity contribution < 1.29 is 28.6 Å². The Morgan fingerprint density at radius 1 is 0.723 bits per heavy atom. The molecule has 0 radical (unpaired) electrons. The molecule has 4 aromatic rings. The summed E-state index contributed by atoms with van der Waals surface area (Å²) in [7, 11) is 0. The smallest absolute Gasteiger partial charge is 0.324 e.